The Hall–Kier alpha value is 0.540. The fourth-order valence-corrected chi connectivity index (χ4v) is 5.18. The highest BCUT2D eigenvalue weighted by Gasteiger charge is 2.21. The van der Waals surface area contributed by atoms with Gasteiger partial charge in [0.15, 0.2) is 0 Å². The van der Waals surface area contributed by atoms with Crippen LogP contribution in [0.1, 0.15) is 38.5 Å². The second-order valence-electron chi connectivity index (χ2n) is 4.37. The van der Waals surface area contributed by atoms with Crippen molar-refractivity contribution in [2.45, 2.75) is 49.3 Å². The first-order chi connectivity index (χ1) is 7.77. The molecule has 0 aromatic carbocycles. The highest BCUT2D eigenvalue weighted by Crippen LogP contribution is 2.40. The molecular weight excluding hydrogens is 244 g/mol. The smallest absolute Gasteiger partial charge is 0.0549 e. The average Bonchev–Trinajstić information content (AvgIpc) is 2.30. The first-order valence-electron chi connectivity index (χ1n) is 5.97. The zero-order valence-electron chi connectivity index (χ0n) is 9.34. The van der Waals surface area contributed by atoms with Crippen LogP contribution in [0.3, 0.4) is 0 Å². The van der Waals surface area contributed by atoms with Crippen molar-refractivity contribution in [1.29, 1.82) is 0 Å². The molecular formula is C10H18N2O2S2-2. The second-order valence-corrected chi connectivity index (χ2v) is 7.00. The van der Waals surface area contributed by atoms with Crippen molar-refractivity contribution in [1.82, 2.24) is 10.1 Å². The maximum absolute atomic E-state index is 11.5. The minimum Gasteiger partial charge on any atom is -0.784 e. The summed E-state index contributed by atoms with van der Waals surface area (Å²) in [6, 6.07) is 0. The summed E-state index contributed by atoms with van der Waals surface area (Å²) in [4.78, 5) is 0. The van der Waals surface area contributed by atoms with Crippen LogP contribution < -0.4 is 0 Å². The van der Waals surface area contributed by atoms with Crippen molar-refractivity contribution in [2.75, 3.05) is 13.1 Å². The molecule has 0 N–H and O–H groups in total. The number of hydroxylamine groups is 4. The van der Waals surface area contributed by atoms with Crippen LogP contribution in [0.25, 0.3) is 0 Å². The van der Waals surface area contributed by atoms with Crippen LogP contribution in [-0.2, 0) is 0 Å². The van der Waals surface area contributed by atoms with E-state index >= 15 is 0 Å². The van der Waals surface area contributed by atoms with Gasteiger partial charge in [-0.1, -0.05) is 21.6 Å². The molecule has 0 aromatic heterocycles. The summed E-state index contributed by atoms with van der Waals surface area (Å²) in [6.07, 6.45) is 6.25. The predicted octanol–water partition coefficient (Wildman–Crippen LogP) is 2.99. The van der Waals surface area contributed by atoms with E-state index in [1.54, 1.807) is 21.6 Å². The lowest BCUT2D eigenvalue weighted by molar-refractivity contribution is 0.282. The van der Waals surface area contributed by atoms with Crippen LogP contribution in [0.2, 0.25) is 0 Å². The number of hydrogen-bond donors (Lipinski definition) is 0. The molecule has 6 heteroatoms. The normalized spacial score (nSPS) is 34.1. The summed E-state index contributed by atoms with van der Waals surface area (Å²) < 4.78 is 0. The molecule has 2 heterocycles. The maximum Gasteiger partial charge on any atom is 0.0549 e. The molecule has 0 radical (unpaired) electrons. The first-order valence-corrected chi connectivity index (χ1v) is 8.24. The van der Waals surface area contributed by atoms with E-state index in [2.05, 4.69) is 0 Å². The van der Waals surface area contributed by atoms with Gasteiger partial charge in [-0.15, -0.1) is 0 Å². The maximum atomic E-state index is 11.5. The van der Waals surface area contributed by atoms with Crippen LogP contribution in [0, 0.1) is 10.4 Å². The standard InChI is InChI=1S/C10H18N2O2S2/c13-11-7-3-1-5-9(11)15-16-10-6-2-4-8-12(10)14/h9-10H,1-8H2/q-2. The Morgan fingerprint density at radius 2 is 1.19 bits per heavy atom. The van der Waals surface area contributed by atoms with E-state index in [1.807, 2.05) is 0 Å². The molecule has 0 aliphatic carbocycles. The summed E-state index contributed by atoms with van der Waals surface area (Å²) in [7, 11) is 3.21. The Balaban J connectivity index is 1.72. The molecule has 0 aromatic rings. The first kappa shape index (κ1) is 13.0. The summed E-state index contributed by atoms with van der Waals surface area (Å²) >= 11 is 0. The lowest BCUT2D eigenvalue weighted by Crippen LogP contribution is -2.34. The van der Waals surface area contributed by atoms with Crippen LogP contribution in [0.15, 0.2) is 0 Å². The zero-order chi connectivity index (χ0) is 11.4. The molecule has 0 amide bonds. The summed E-state index contributed by atoms with van der Waals surface area (Å²) in [5, 5.41) is 25.6. The summed E-state index contributed by atoms with van der Waals surface area (Å²) in [5.74, 6) is 0. The van der Waals surface area contributed by atoms with Crippen molar-refractivity contribution < 1.29 is 0 Å². The number of piperidine rings is 2. The highest BCUT2D eigenvalue weighted by atomic mass is 33.1. The van der Waals surface area contributed by atoms with E-state index in [-0.39, 0.29) is 10.7 Å². The lowest BCUT2D eigenvalue weighted by atomic mass is 10.2. The SMILES string of the molecule is [O-]N1CCCCC1SSC1CCCCN1[O-]. The van der Waals surface area contributed by atoms with Crippen molar-refractivity contribution in [3.8, 4) is 0 Å². The molecule has 2 aliphatic heterocycles. The Kier molecular flexibility index (Phi) is 5.25. The molecule has 0 saturated carbocycles. The molecule has 0 bridgehead atoms. The largest absolute Gasteiger partial charge is 0.784 e. The molecule has 2 fully saturated rings. The monoisotopic (exact) mass is 262 g/mol. The highest BCUT2D eigenvalue weighted by molar-refractivity contribution is 8.77. The molecule has 4 nitrogen and oxygen atoms in total. The van der Waals surface area contributed by atoms with E-state index in [9.17, 15) is 10.4 Å². The van der Waals surface area contributed by atoms with E-state index in [1.165, 1.54) is 10.1 Å². The third kappa shape index (κ3) is 3.51. The average molecular weight is 262 g/mol. The van der Waals surface area contributed by atoms with Gasteiger partial charge in [0.2, 0.25) is 0 Å². The topological polar surface area (TPSA) is 52.6 Å². The van der Waals surface area contributed by atoms with Gasteiger partial charge in [-0.2, -0.15) is 0 Å². The van der Waals surface area contributed by atoms with Gasteiger partial charge in [0, 0.05) is 0 Å². The fraction of sp³-hybridized carbons (Fsp3) is 1.00. The summed E-state index contributed by atoms with van der Waals surface area (Å²) in [6.45, 7) is 1.31. The van der Waals surface area contributed by atoms with E-state index in [0.29, 0.717) is 13.1 Å². The van der Waals surface area contributed by atoms with E-state index in [4.69, 9.17) is 0 Å². The Morgan fingerprint density at radius 1 is 0.750 bits per heavy atom. The molecule has 16 heavy (non-hydrogen) atoms. The Bertz CT molecular complexity index is 199. The number of nitrogens with zero attached hydrogens (tertiary/aromatic N) is 2. The Morgan fingerprint density at radius 3 is 1.56 bits per heavy atom. The molecule has 2 rings (SSSR count). The van der Waals surface area contributed by atoms with Gasteiger partial charge in [-0.05, 0) is 51.6 Å². The van der Waals surface area contributed by atoms with Crippen LogP contribution in [-0.4, -0.2) is 34.0 Å². The molecule has 2 saturated heterocycles. The van der Waals surface area contributed by atoms with Crippen LogP contribution >= 0.6 is 21.6 Å². The van der Waals surface area contributed by atoms with E-state index < -0.39 is 0 Å². The Labute approximate surface area is 105 Å². The molecule has 2 aliphatic rings. The molecule has 94 valence electrons. The van der Waals surface area contributed by atoms with Gasteiger partial charge >= 0.3 is 0 Å². The quantitative estimate of drug-likeness (QED) is 0.729. The van der Waals surface area contributed by atoms with Gasteiger partial charge in [0.25, 0.3) is 0 Å². The zero-order valence-corrected chi connectivity index (χ0v) is 11.0. The minimum absolute atomic E-state index is 0.0640. The van der Waals surface area contributed by atoms with Crippen LogP contribution in [0.5, 0.6) is 0 Å². The molecule has 2 atom stereocenters. The van der Waals surface area contributed by atoms with Crippen molar-refractivity contribution in [3.05, 3.63) is 10.4 Å². The fourth-order valence-electron chi connectivity index (χ4n) is 2.07. The van der Waals surface area contributed by atoms with Gasteiger partial charge in [-0.3, -0.25) is 0 Å². The van der Waals surface area contributed by atoms with Gasteiger partial charge < -0.3 is 20.5 Å². The predicted molar refractivity (Wildman–Crippen MR) is 70.6 cm³/mol. The van der Waals surface area contributed by atoms with E-state index in [0.717, 1.165) is 38.5 Å². The van der Waals surface area contributed by atoms with Gasteiger partial charge in [0.05, 0.1) is 10.7 Å². The third-order valence-corrected chi connectivity index (χ3v) is 6.24. The molecule has 0 spiro atoms. The number of rotatable bonds is 3. The summed E-state index contributed by atoms with van der Waals surface area (Å²) in [5.41, 5.74) is 0. The third-order valence-electron chi connectivity index (χ3n) is 3.08. The lowest BCUT2D eigenvalue weighted by Gasteiger charge is -2.43. The van der Waals surface area contributed by atoms with Crippen molar-refractivity contribution in [2.24, 2.45) is 0 Å². The second kappa shape index (κ2) is 6.47. The van der Waals surface area contributed by atoms with Crippen molar-refractivity contribution in [3.63, 3.8) is 0 Å². The van der Waals surface area contributed by atoms with Gasteiger partial charge in [-0.25, -0.2) is 0 Å². The van der Waals surface area contributed by atoms with Gasteiger partial charge in [0.1, 0.15) is 0 Å². The molecule has 2 unspecified atom stereocenters. The minimum atomic E-state index is 0.0640. The van der Waals surface area contributed by atoms with Crippen LogP contribution in [0.4, 0.5) is 0 Å². The number of hydrogen-bond acceptors (Lipinski definition) is 6. The van der Waals surface area contributed by atoms with Crippen molar-refractivity contribution >= 4 is 21.6 Å².